The van der Waals surface area contributed by atoms with Crippen LogP contribution in [0.15, 0.2) is 83.7 Å². The molecule has 0 bridgehead atoms. The lowest BCUT2D eigenvalue weighted by molar-refractivity contribution is -0.141. The highest BCUT2D eigenvalue weighted by atomic mass is 19.4. The van der Waals surface area contributed by atoms with E-state index < -0.39 is 11.9 Å². The van der Waals surface area contributed by atoms with Gasteiger partial charge in [0.2, 0.25) is 0 Å². The van der Waals surface area contributed by atoms with Gasteiger partial charge in [-0.25, -0.2) is 10.5 Å². The number of hydrogen-bond donors (Lipinski definition) is 3. The van der Waals surface area contributed by atoms with Crippen molar-refractivity contribution >= 4 is 11.4 Å². The van der Waals surface area contributed by atoms with Crippen LogP contribution in [-0.4, -0.2) is 11.5 Å². The van der Waals surface area contributed by atoms with Crippen molar-refractivity contribution < 1.29 is 17.9 Å². The van der Waals surface area contributed by atoms with Gasteiger partial charge in [0.1, 0.15) is 17.2 Å². The van der Waals surface area contributed by atoms with Crippen molar-refractivity contribution in [2.75, 3.05) is 17.2 Å². The van der Waals surface area contributed by atoms with E-state index in [9.17, 15) is 13.2 Å². The van der Waals surface area contributed by atoms with Crippen LogP contribution in [0.3, 0.4) is 0 Å². The summed E-state index contributed by atoms with van der Waals surface area (Å²) in [5, 5.41) is 9.25. The molecule has 9 heteroatoms. The van der Waals surface area contributed by atoms with Crippen LogP contribution >= 0.6 is 0 Å². The van der Waals surface area contributed by atoms with E-state index in [-0.39, 0.29) is 17.9 Å². The van der Waals surface area contributed by atoms with E-state index in [1.807, 2.05) is 30.3 Å². The zero-order valence-electron chi connectivity index (χ0n) is 16.6. The van der Waals surface area contributed by atoms with Gasteiger partial charge in [0, 0.05) is 23.3 Å². The minimum atomic E-state index is -4.53. The monoisotopic (exact) mass is 427 g/mol. The van der Waals surface area contributed by atoms with Crippen molar-refractivity contribution in [3.8, 4) is 11.5 Å². The van der Waals surface area contributed by atoms with Crippen molar-refractivity contribution in [3.63, 3.8) is 0 Å². The predicted octanol–water partition coefficient (Wildman–Crippen LogP) is 6.60. The van der Waals surface area contributed by atoms with E-state index in [0.717, 1.165) is 17.5 Å². The van der Waals surface area contributed by atoms with Crippen LogP contribution in [-0.2, 0) is 6.18 Å². The number of benzene rings is 2. The molecule has 0 saturated carbocycles. The standard InChI is InChI=1S/C22H20F3N5O/c1-15-11-17(12-21(29-15)22(23,24)25)28-14-18(30-26)13-27-16-7-9-20(10-8-16)31-19-5-3-2-4-6-19/h2-13,26-27H,14H2,1H3,(H,28,29)/b18-13-,30-26?. The van der Waals surface area contributed by atoms with Crippen molar-refractivity contribution in [1.82, 2.24) is 4.98 Å². The number of pyridine rings is 1. The molecule has 0 aliphatic carbocycles. The Balaban J connectivity index is 1.60. The van der Waals surface area contributed by atoms with Gasteiger partial charge in [-0.2, -0.15) is 18.3 Å². The van der Waals surface area contributed by atoms with Gasteiger partial charge < -0.3 is 15.4 Å². The lowest BCUT2D eigenvalue weighted by Crippen LogP contribution is -2.11. The fraction of sp³-hybridized carbons (Fsp3) is 0.136. The van der Waals surface area contributed by atoms with E-state index in [4.69, 9.17) is 10.3 Å². The normalized spacial score (nSPS) is 11.7. The molecule has 0 aliphatic heterocycles. The summed E-state index contributed by atoms with van der Waals surface area (Å²) in [5.41, 5.74) is 7.85. The number of nitrogens with one attached hydrogen (secondary N) is 3. The molecule has 1 heterocycles. The summed E-state index contributed by atoms with van der Waals surface area (Å²) in [4.78, 5) is 3.50. The highest BCUT2D eigenvalue weighted by Gasteiger charge is 2.32. The number of anilines is 2. The van der Waals surface area contributed by atoms with Crippen LogP contribution in [0.1, 0.15) is 11.4 Å². The van der Waals surface area contributed by atoms with Crippen molar-refractivity contribution in [2.24, 2.45) is 5.11 Å². The maximum Gasteiger partial charge on any atom is 0.433 e. The number of ether oxygens (including phenoxy) is 1. The van der Waals surface area contributed by atoms with Crippen LogP contribution < -0.4 is 15.4 Å². The second kappa shape index (κ2) is 9.75. The fourth-order valence-corrected chi connectivity index (χ4v) is 2.64. The Morgan fingerprint density at radius 2 is 1.71 bits per heavy atom. The Bertz CT molecular complexity index is 1050. The fourth-order valence-electron chi connectivity index (χ4n) is 2.64. The second-order valence-corrected chi connectivity index (χ2v) is 6.57. The summed E-state index contributed by atoms with van der Waals surface area (Å²) >= 11 is 0. The summed E-state index contributed by atoms with van der Waals surface area (Å²) in [6.07, 6.45) is -3.02. The lowest BCUT2D eigenvalue weighted by Gasteiger charge is -2.11. The first-order valence-corrected chi connectivity index (χ1v) is 9.29. The third-order valence-electron chi connectivity index (χ3n) is 4.10. The summed E-state index contributed by atoms with van der Waals surface area (Å²) in [7, 11) is 0. The Hall–Kier alpha value is -3.88. The molecule has 0 atom stereocenters. The molecule has 1 aromatic heterocycles. The Morgan fingerprint density at radius 1 is 1.03 bits per heavy atom. The molecular formula is C22H20F3N5O. The summed E-state index contributed by atoms with van der Waals surface area (Å²) in [5.74, 6) is 1.39. The molecule has 160 valence electrons. The molecule has 3 N–H and O–H groups in total. The van der Waals surface area contributed by atoms with Crippen molar-refractivity contribution in [2.45, 2.75) is 13.1 Å². The quantitative estimate of drug-likeness (QED) is 0.354. The largest absolute Gasteiger partial charge is 0.457 e. The molecule has 0 radical (unpaired) electrons. The zero-order valence-corrected chi connectivity index (χ0v) is 16.6. The summed E-state index contributed by atoms with van der Waals surface area (Å²) < 4.78 is 44.4. The minimum Gasteiger partial charge on any atom is -0.457 e. The molecule has 0 amide bonds. The summed E-state index contributed by atoms with van der Waals surface area (Å²) in [6, 6.07) is 19.0. The molecule has 6 nitrogen and oxygen atoms in total. The number of halogens is 3. The number of hydrogen-bond acceptors (Lipinski definition) is 6. The lowest BCUT2D eigenvalue weighted by atomic mass is 10.2. The van der Waals surface area contributed by atoms with Gasteiger partial charge in [-0.15, -0.1) is 0 Å². The van der Waals surface area contributed by atoms with Crippen molar-refractivity contribution in [3.05, 3.63) is 90.0 Å². The number of para-hydroxylation sites is 1. The van der Waals surface area contributed by atoms with E-state index in [1.54, 1.807) is 24.3 Å². The van der Waals surface area contributed by atoms with Crippen LogP contribution in [0.25, 0.3) is 0 Å². The topological polar surface area (TPSA) is 82.4 Å². The van der Waals surface area contributed by atoms with E-state index >= 15 is 0 Å². The van der Waals surface area contributed by atoms with Gasteiger partial charge in [0.25, 0.3) is 0 Å². The number of aryl methyl sites for hydroxylation is 1. The molecule has 3 rings (SSSR count). The first-order valence-electron chi connectivity index (χ1n) is 9.29. The number of nitrogens with zero attached hydrogens (tertiary/aromatic N) is 2. The van der Waals surface area contributed by atoms with Gasteiger partial charge in [0.15, 0.2) is 0 Å². The Morgan fingerprint density at radius 3 is 2.35 bits per heavy atom. The molecule has 3 aromatic rings. The first kappa shape index (κ1) is 21.8. The molecule has 0 spiro atoms. The number of rotatable bonds is 8. The SMILES string of the molecule is Cc1cc(NC/C(=C/Nc2ccc(Oc3ccccc3)cc2)N=N)cc(C(F)(F)F)n1. The molecule has 0 unspecified atom stereocenters. The average Bonchev–Trinajstić information content (AvgIpc) is 2.75. The third-order valence-corrected chi connectivity index (χ3v) is 4.10. The van der Waals surface area contributed by atoms with Crippen molar-refractivity contribution in [1.29, 1.82) is 5.53 Å². The van der Waals surface area contributed by atoms with Gasteiger partial charge in [-0.1, -0.05) is 18.2 Å². The molecule has 0 aliphatic rings. The molecule has 31 heavy (non-hydrogen) atoms. The highest BCUT2D eigenvalue weighted by Crippen LogP contribution is 2.29. The maximum absolute atomic E-state index is 12.9. The molecule has 0 fully saturated rings. The molecular weight excluding hydrogens is 407 g/mol. The van der Waals surface area contributed by atoms with E-state index in [1.165, 1.54) is 19.2 Å². The smallest absolute Gasteiger partial charge is 0.433 e. The Labute approximate surface area is 177 Å². The zero-order chi connectivity index (χ0) is 22.3. The second-order valence-electron chi connectivity index (χ2n) is 6.57. The van der Waals surface area contributed by atoms with Gasteiger partial charge in [0.05, 0.1) is 12.2 Å². The predicted molar refractivity (Wildman–Crippen MR) is 112 cm³/mol. The summed E-state index contributed by atoms with van der Waals surface area (Å²) in [6.45, 7) is 1.55. The van der Waals surface area contributed by atoms with Crippen LogP contribution in [0.2, 0.25) is 0 Å². The average molecular weight is 427 g/mol. The first-order chi connectivity index (χ1) is 14.8. The maximum atomic E-state index is 12.9. The van der Waals surface area contributed by atoms with E-state index in [0.29, 0.717) is 11.4 Å². The number of alkyl halides is 3. The van der Waals surface area contributed by atoms with Crippen LogP contribution in [0.4, 0.5) is 24.5 Å². The van der Waals surface area contributed by atoms with Crippen LogP contribution in [0.5, 0.6) is 11.5 Å². The Kier molecular flexibility index (Phi) is 6.86. The third kappa shape index (κ3) is 6.56. The highest BCUT2D eigenvalue weighted by molar-refractivity contribution is 5.50. The molecule has 2 aromatic carbocycles. The van der Waals surface area contributed by atoms with Gasteiger partial charge >= 0.3 is 6.18 Å². The minimum absolute atomic E-state index is 0.0620. The van der Waals surface area contributed by atoms with Gasteiger partial charge in [-0.3, -0.25) is 0 Å². The number of aromatic nitrogens is 1. The molecule has 0 saturated heterocycles. The van der Waals surface area contributed by atoms with E-state index in [2.05, 4.69) is 20.7 Å². The van der Waals surface area contributed by atoms with Crippen LogP contribution in [0, 0.1) is 12.5 Å². The van der Waals surface area contributed by atoms with Gasteiger partial charge in [-0.05, 0) is 55.5 Å².